The predicted octanol–water partition coefficient (Wildman–Crippen LogP) is 3.75. The maximum absolute atomic E-state index is 12.8. The van der Waals surface area contributed by atoms with Crippen molar-refractivity contribution in [3.63, 3.8) is 0 Å². The van der Waals surface area contributed by atoms with Crippen LogP contribution in [0.4, 0.5) is 11.4 Å². The minimum atomic E-state index is -3.93. The first-order valence-corrected chi connectivity index (χ1v) is 9.36. The molecule has 2 rings (SSSR count). The van der Waals surface area contributed by atoms with Crippen LogP contribution >= 0.6 is 11.6 Å². The lowest BCUT2D eigenvalue weighted by Gasteiger charge is -2.17. The summed E-state index contributed by atoms with van der Waals surface area (Å²) in [6, 6.07) is 10.6. The van der Waals surface area contributed by atoms with E-state index in [9.17, 15) is 13.2 Å². The minimum absolute atomic E-state index is 0.00783. The second-order valence-corrected chi connectivity index (χ2v) is 7.70. The van der Waals surface area contributed by atoms with E-state index in [1.54, 1.807) is 30.3 Å². The van der Waals surface area contributed by atoms with Gasteiger partial charge in [0.05, 0.1) is 18.4 Å². The molecule has 6 nitrogen and oxygen atoms in total. The Kier molecular flexibility index (Phi) is 5.92. The maximum atomic E-state index is 12.8. The van der Waals surface area contributed by atoms with Crippen LogP contribution in [0.25, 0.3) is 0 Å². The predicted molar refractivity (Wildman–Crippen MR) is 98.8 cm³/mol. The van der Waals surface area contributed by atoms with Gasteiger partial charge in [-0.05, 0) is 56.3 Å². The fourth-order valence-electron chi connectivity index (χ4n) is 2.15. The summed E-state index contributed by atoms with van der Waals surface area (Å²) in [5.41, 5.74) is 0.903. The summed E-state index contributed by atoms with van der Waals surface area (Å²) in [7, 11) is -2.69. The Hall–Kier alpha value is -2.25. The molecule has 0 aromatic heterocycles. The third-order valence-electron chi connectivity index (χ3n) is 3.23. The van der Waals surface area contributed by atoms with Gasteiger partial charge in [-0.2, -0.15) is 0 Å². The first-order valence-electron chi connectivity index (χ1n) is 7.50. The average Bonchev–Trinajstić information content (AvgIpc) is 2.55. The van der Waals surface area contributed by atoms with E-state index in [4.69, 9.17) is 11.6 Å². The zero-order chi connectivity index (χ0) is 18.6. The summed E-state index contributed by atoms with van der Waals surface area (Å²) in [5.74, 6) is -0.612. The molecule has 0 heterocycles. The molecule has 0 aliphatic heterocycles. The van der Waals surface area contributed by atoms with Crippen molar-refractivity contribution in [3.05, 3.63) is 53.1 Å². The number of carbonyl (C=O) groups is 1. The van der Waals surface area contributed by atoms with Crippen molar-refractivity contribution in [1.29, 1.82) is 0 Å². The average molecular weight is 383 g/mol. The van der Waals surface area contributed by atoms with Gasteiger partial charge in [0.2, 0.25) is 0 Å². The number of hydrogen-bond acceptors (Lipinski definition) is 5. The fraction of sp³-hybridized carbons (Fsp3) is 0.235. The standard InChI is InChI=1S/C17H19ClN2O4S/c1-11(2)19-15-9-4-12(17(21)24-3)10-16(15)25(22,23)20-14-7-5-13(18)6-8-14/h4-11,19-20H,1-3H3. The van der Waals surface area contributed by atoms with Gasteiger partial charge in [0.1, 0.15) is 4.90 Å². The van der Waals surface area contributed by atoms with Crippen LogP contribution in [0.1, 0.15) is 24.2 Å². The first kappa shape index (κ1) is 19.1. The number of halogens is 1. The lowest BCUT2D eigenvalue weighted by atomic mass is 10.2. The van der Waals surface area contributed by atoms with E-state index in [-0.39, 0.29) is 16.5 Å². The lowest BCUT2D eigenvalue weighted by molar-refractivity contribution is 0.0600. The normalized spacial score (nSPS) is 11.2. The zero-order valence-electron chi connectivity index (χ0n) is 14.0. The summed E-state index contributed by atoms with van der Waals surface area (Å²) in [4.78, 5) is 11.7. The number of methoxy groups -OCH3 is 1. The molecule has 134 valence electrons. The Morgan fingerprint density at radius 2 is 1.76 bits per heavy atom. The van der Waals surface area contributed by atoms with Gasteiger partial charge in [0.25, 0.3) is 10.0 Å². The van der Waals surface area contributed by atoms with Crippen molar-refractivity contribution in [1.82, 2.24) is 0 Å². The number of nitrogens with one attached hydrogen (secondary N) is 2. The highest BCUT2D eigenvalue weighted by Crippen LogP contribution is 2.26. The van der Waals surface area contributed by atoms with E-state index >= 15 is 0 Å². The Morgan fingerprint density at radius 3 is 2.32 bits per heavy atom. The van der Waals surface area contributed by atoms with Crippen LogP contribution < -0.4 is 10.0 Å². The van der Waals surface area contributed by atoms with E-state index in [0.29, 0.717) is 16.4 Å². The molecule has 0 aliphatic carbocycles. The second-order valence-electron chi connectivity index (χ2n) is 5.61. The Morgan fingerprint density at radius 1 is 1.12 bits per heavy atom. The van der Waals surface area contributed by atoms with Crippen LogP contribution in [0.15, 0.2) is 47.4 Å². The minimum Gasteiger partial charge on any atom is -0.465 e. The highest BCUT2D eigenvalue weighted by molar-refractivity contribution is 7.92. The molecule has 0 saturated heterocycles. The number of ether oxygens (including phenoxy) is 1. The number of sulfonamides is 1. The van der Waals surface area contributed by atoms with E-state index in [1.807, 2.05) is 13.8 Å². The summed E-state index contributed by atoms with van der Waals surface area (Å²) >= 11 is 5.82. The highest BCUT2D eigenvalue weighted by atomic mass is 35.5. The van der Waals surface area contributed by atoms with Crippen molar-refractivity contribution in [2.24, 2.45) is 0 Å². The van der Waals surface area contributed by atoms with Gasteiger partial charge in [-0.3, -0.25) is 4.72 Å². The fourth-order valence-corrected chi connectivity index (χ4v) is 3.53. The van der Waals surface area contributed by atoms with Crippen molar-refractivity contribution in [3.8, 4) is 0 Å². The highest BCUT2D eigenvalue weighted by Gasteiger charge is 2.22. The molecule has 0 saturated carbocycles. The number of rotatable bonds is 6. The van der Waals surface area contributed by atoms with E-state index < -0.39 is 16.0 Å². The second kappa shape index (κ2) is 7.76. The molecule has 0 amide bonds. The molecular formula is C17H19ClN2O4S. The largest absolute Gasteiger partial charge is 0.465 e. The van der Waals surface area contributed by atoms with Crippen molar-refractivity contribution < 1.29 is 17.9 Å². The molecule has 2 aromatic rings. The lowest BCUT2D eigenvalue weighted by Crippen LogP contribution is -2.19. The Balaban J connectivity index is 2.48. The van der Waals surface area contributed by atoms with Crippen molar-refractivity contribution >= 4 is 39.0 Å². The smallest absolute Gasteiger partial charge is 0.337 e. The van der Waals surface area contributed by atoms with E-state index in [0.717, 1.165) is 0 Å². The molecule has 25 heavy (non-hydrogen) atoms. The van der Waals surface area contributed by atoms with Gasteiger partial charge < -0.3 is 10.1 Å². The monoisotopic (exact) mass is 382 g/mol. The molecule has 0 radical (unpaired) electrons. The van der Waals surface area contributed by atoms with Crippen molar-refractivity contribution in [2.45, 2.75) is 24.8 Å². The van der Waals surface area contributed by atoms with Crippen LogP contribution in [-0.2, 0) is 14.8 Å². The van der Waals surface area contributed by atoms with E-state index in [1.165, 1.54) is 19.2 Å². The Bertz CT molecular complexity index is 865. The number of esters is 1. The third-order valence-corrected chi connectivity index (χ3v) is 4.91. The number of anilines is 2. The number of benzene rings is 2. The molecule has 0 fully saturated rings. The van der Waals surface area contributed by atoms with Gasteiger partial charge in [0.15, 0.2) is 0 Å². The van der Waals surface area contributed by atoms with E-state index in [2.05, 4.69) is 14.8 Å². The van der Waals surface area contributed by atoms with Crippen LogP contribution in [-0.4, -0.2) is 27.5 Å². The van der Waals surface area contributed by atoms with Crippen LogP contribution in [0.5, 0.6) is 0 Å². The molecular weight excluding hydrogens is 364 g/mol. The molecule has 0 unspecified atom stereocenters. The third kappa shape index (κ3) is 4.87. The summed E-state index contributed by atoms with van der Waals surface area (Å²) in [6.45, 7) is 3.77. The van der Waals surface area contributed by atoms with Crippen LogP contribution in [0.3, 0.4) is 0 Å². The van der Waals surface area contributed by atoms with Gasteiger partial charge in [-0.15, -0.1) is 0 Å². The van der Waals surface area contributed by atoms with Gasteiger partial charge in [0, 0.05) is 16.8 Å². The first-order chi connectivity index (χ1) is 11.7. The summed E-state index contributed by atoms with van der Waals surface area (Å²) < 4.78 is 32.8. The zero-order valence-corrected chi connectivity index (χ0v) is 15.6. The van der Waals surface area contributed by atoms with Gasteiger partial charge in [-0.25, -0.2) is 13.2 Å². The Labute approximate surface area is 152 Å². The number of carbonyl (C=O) groups excluding carboxylic acids is 1. The maximum Gasteiger partial charge on any atom is 0.337 e. The molecule has 2 aromatic carbocycles. The molecule has 0 spiro atoms. The van der Waals surface area contributed by atoms with Crippen LogP contribution in [0.2, 0.25) is 5.02 Å². The van der Waals surface area contributed by atoms with Gasteiger partial charge >= 0.3 is 5.97 Å². The quantitative estimate of drug-likeness (QED) is 0.743. The van der Waals surface area contributed by atoms with Gasteiger partial charge in [-0.1, -0.05) is 11.6 Å². The SMILES string of the molecule is COC(=O)c1ccc(NC(C)C)c(S(=O)(=O)Nc2ccc(Cl)cc2)c1. The molecule has 0 aliphatic rings. The number of hydrogen-bond donors (Lipinski definition) is 2. The molecule has 2 N–H and O–H groups in total. The molecule has 8 heteroatoms. The topological polar surface area (TPSA) is 84.5 Å². The van der Waals surface area contributed by atoms with Crippen LogP contribution in [0, 0.1) is 0 Å². The summed E-state index contributed by atoms with van der Waals surface area (Å²) in [6.07, 6.45) is 0. The molecule has 0 bridgehead atoms. The van der Waals surface area contributed by atoms with Crippen molar-refractivity contribution in [2.75, 3.05) is 17.1 Å². The summed E-state index contributed by atoms with van der Waals surface area (Å²) in [5, 5.41) is 3.56. The molecule has 0 atom stereocenters.